The molecular weight excluding hydrogens is 362 g/mol. The molecule has 6 nitrogen and oxygen atoms in total. The van der Waals surface area contributed by atoms with Gasteiger partial charge in [0.1, 0.15) is 11.8 Å². The van der Waals surface area contributed by atoms with E-state index in [0.717, 1.165) is 11.3 Å². The highest BCUT2D eigenvalue weighted by molar-refractivity contribution is 7.80. The quantitative estimate of drug-likeness (QED) is 0.777. The Morgan fingerprint density at radius 3 is 2.44 bits per heavy atom. The van der Waals surface area contributed by atoms with Crippen LogP contribution in [0.2, 0.25) is 0 Å². The summed E-state index contributed by atoms with van der Waals surface area (Å²) in [6.07, 6.45) is 0.0361. The van der Waals surface area contributed by atoms with Crippen LogP contribution in [-0.2, 0) is 16.1 Å². The first kappa shape index (κ1) is 18.8. The molecule has 0 aromatic heterocycles. The van der Waals surface area contributed by atoms with E-state index in [1.165, 1.54) is 4.90 Å². The Morgan fingerprint density at radius 1 is 1.15 bits per heavy atom. The number of hydrogen-bond donors (Lipinski definition) is 1. The number of likely N-dealkylation sites (N-methyl/N-ethyl adjacent to an activating group) is 1. The molecule has 0 radical (unpaired) electrons. The van der Waals surface area contributed by atoms with Crippen molar-refractivity contribution in [2.75, 3.05) is 19.5 Å². The lowest BCUT2D eigenvalue weighted by atomic mass is 10.1. The van der Waals surface area contributed by atoms with Gasteiger partial charge in [0.15, 0.2) is 5.11 Å². The zero-order chi connectivity index (χ0) is 19.4. The second-order valence-electron chi connectivity index (χ2n) is 6.29. The molecule has 0 spiro atoms. The van der Waals surface area contributed by atoms with Gasteiger partial charge in [0.05, 0.1) is 13.5 Å². The molecule has 27 heavy (non-hydrogen) atoms. The minimum atomic E-state index is -0.617. The molecule has 1 saturated heterocycles. The minimum absolute atomic E-state index is 0.0361. The van der Waals surface area contributed by atoms with E-state index in [-0.39, 0.29) is 18.2 Å². The smallest absolute Gasteiger partial charge is 0.251 e. The average molecular weight is 383 g/mol. The van der Waals surface area contributed by atoms with Crippen LogP contribution >= 0.6 is 12.2 Å². The summed E-state index contributed by atoms with van der Waals surface area (Å²) in [5.41, 5.74) is 1.68. The SMILES string of the molecule is COc1ccc(CN2C(=S)N(C)C(=O)C2CC(=O)Nc2ccccc2)cc1. The van der Waals surface area contributed by atoms with E-state index in [1.54, 1.807) is 31.2 Å². The number of thiocarbonyl (C=S) groups is 1. The number of carbonyl (C=O) groups excluding carboxylic acids is 2. The fourth-order valence-electron chi connectivity index (χ4n) is 2.99. The average Bonchev–Trinajstić information content (AvgIpc) is 2.87. The fraction of sp³-hybridized carbons (Fsp3) is 0.250. The zero-order valence-electron chi connectivity index (χ0n) is 15.2. The van der Waals surface area contributed by atoms with Crippen molar-refractivity contribution in [3.63, 3.8) is 0 Å². The van der Waals surface area contributed by atoms with Crippen molar-refractivity contribution in [3.05, 3.63) is 60.2 Å². The molecule has 1 fully saturated rings. The number of rotatable bonds is 6. The summed E-state index contributed by atoms with van der Waals surface area (Å²) in [5, 5.41) is 3.25. The second-order valence-corrected chi connectivity index (χ2v) is 6.66. The summed E-state index contributed by atoms with van der Waals surface area (Å²) < 4.78 is 5.17. The Labute approximate surface area is 163 Å². The largest absolute Gasteiger partial charge is 0.497 e. The number of carbonyl (C=O) groups is 2. The standard InChI is InChI=1S/C20H21N3O3S/c1-22-19(25)17(12-18(24)21-15-6-4-3-5-7-15)23(20(22)27)13-14-8-10-16(26-2)11-9-14/h3-11,17H,12-13H2,1-2H3,(H,21,24). The number of benzene rings is 2. The van der Waals surface area contributed by atoms with Gasteiger partial charge in [-0.2, -0.15) is 0 Å². The van der Waals surface area contributed by atoms with E-state index >= 15 is 0 Å². The molecule has 1 heterocycles. The van der Waals surface area contributed by atoms with Gasteiger partial charge in [-0.05, 0) is 42.0 Å². The lowest BCUT2D eigenvalue weighted by molar-refractivity contribution is -0.130. The second kappa shape index (κ2) is 8.18. The van der Waals surface area contributed by atoms with Crippen LogP contribution < -0.4 is 10.1 Å². The van der Waals surface area contributed by atoms with Crippen LogP contribution in [0, 0.1) is 0 Å². The maximum atomic E-state index is 12.6. The van der Waals surface area contributed by atoms with Gasteiger partial charge in [0.2, 0.25) is 5.91 Å². The first-order chi connectivity index (χ1) is 13.0. The van der Waals surface area contributed by atoms with Crippen molar-refractivity contribution in [2.24, 2.45) is 0 Å². The molecule has 0 bridgehead atoms. The molecule has 7 heteroatoms. The number of para-hydroxylation sites is 1. The molecule has 2 aromatic rings. The first-order valence-electron chi connectivity index (χ1n) is 8.55. The molecule has 0 aliphatic carbocycles. The molecule has 1 aliphatic rings. The Kier molecular flexibility index (Phi) is 5.71. The summed E-state index contributed by atoms with van der Waals surface area (Å²) >= 11 is 5.42. The maximum absolute atomic E-state index is 12.6. The highest BCUT2D eigenvalue weighted by Crippen LogP contribution is 2.23. The Bertz CT molecular complexity index is 839. The number of hydrogen-bond acceptors (Lipinski definition) is 4. The molecular formula is C20H21N3O3S. The molecule has 0 saturated carbocycles. The molecule has 1 N–H and O–H groups in total. The van der Waals surface area contributed by atoms with Gasteiger partial charge in [-0.25, -0.2) is 0 Å². The topological polar surface area (TPSA) is 61.9 Å². The monoisotopic (exact) mass is 383 g/mol. The molecule has 2 aromatic carbocycles. The third-order valence-corrected chi connectivity index (χ3v) is 4.98. The van der Waals surface area contributed by atoms with Crippen LogP contribution in [-0.4, -0.2) is 46.9 Å². The molecule has 1 aliphatic heterocycles. The van der Waals surface area contributed by atoms with Gasteiger partial charge in [-0.3, -0.25) is 14.5 Å². The van der Waals surface area contributed by atoms with Gasteiger partial charge in [0.25, 0.3) is 5.91 Å². The van der Waals surface area contributed by atoms with Gasteiger partial charge >= 0.3 is 0 Å². The Balaban J connectivity index is 1.73. The predicted molar refractivity (Wildman–Crippen MR) is 107 cm³/mol. The predicted octanol–water partition coefficient (Wildman–Crippen LogP) is 2.65. The number of methoxy groups -OCH3 is 1. The van der Waals surface area contributed by atoms with E-state index in [4.69, 9.17) is 17.0 Å². The van der Waals surface area contributed by atoms with Crippen molar-refractivity contribution in [3.8, 4) is 5.75 Å². The third kappa shape index (κ3) is 4.25. The van der Waals surface area contributed by atoms with Gasteiger partial charge < -0.3 is 15.0 Å². The summed E-state index contributed by atoms with van der Waals surface area (Å²) in [4.78, 5) is 28.3. The van der Waals surface area contributed by atoms with Crippen molar-refractivity contribution in [1.82, 2.24) is 9.80 Å². The lowest BCUT2D eigenvalue weighted by Gasteiger charge is -2.23. The molecule has 1 unspecified atom stereocenters. The van der Waals surface area contributed by atoms with Crippen molar-refractivity contribution < 1.29 is 14.3 Å². The van der Waals surface area contributed by atoms with Crippen molar-refractivity contribution in [1.29, 1.82) is 0 Å². The van der Waals surface area contributed by atoms with Crippen LogP contribution in [0.3, 0.4) is 0 Å². The first-order valence-corrected chi connectivity index (χ1v) is 8.96. The third-order valence-electron chi connectivity index (χ3n) is 4.47. The number of nitrogens with one attached hydrogen (secondary N) is 1. The zero-order valence-corrected chi connectivity index (χ0v) is 16.0. The summed E-state index contributed by atoms with van der Waals surface area (Å²) in [7, 11) is 3.25. The lowest BCUT2D eigenvalue weighted by Crippen LogP contribution is -2.37. The number of anilines is 1. The van der Waals surface area contributed by atoms with Gasteiger partial charge in [0, 0.05) is 19.3 Å². The highest BCUT2D eigenvalue weighted by Gasteiger charge is 2.41. The van der Waals surface area contributed by atoms with Crippen LogP contribution in [0.5, 0.6) is 5.75 Å². The Hall–Kier alpha value is -2.93. The molecule has 2 amide bonds. The van der Waals surface area contributed by atoms with Gasteiger partial charge in [-0.15, -0.1) is 0 Å². The van der Waals surface area contributed by atoms with Crippen LogP contribution in [0.15, 0.2) is 54.6 Å². The Morgan fingerprint density at radius 2 is 1.81 bits per heavy atom. The van der Waals surface area contributed by atoms with Crippen LogP contribution in [0.25, 0.3) is 0 Å². The van der Waals surface area contributed by atoms with Gasteiger partial charge in [-0.1, -0.05) is 30.3 Å². The van der Waals surface area contributed by atoms with Crippen LogP contribution in [0.1, 0.15) is 12.0 Å². The normalized spacial score (nSPS) is 16.6. The van der Waals surface area contributed by atoms with E-state index < -0.39 is 6.04 Å². The molecule has 3 rings (SSSR count). The number of nitrogens with zero attached hydrogens (tertiary/aromatic N) is 2. The van der Waals surface area contributed by atoms with E-state index in [1.807, 2.05) is 42.5 Å². The number of amides is 2. The van der Waals surface area contributed by atoms with E-state index in [9.17, 15) is 9.59 Å². The summed E-state index contributed by atoms with van der Waals surface area (Å²) in [6.45, 7) is 0.447. The van der Waals surface area contributed by atoms with E-state index in [2.05, 4.69) is 5.32 Å². The van der Waals surface area contributed by atoms with E-state index in [0.29, 0.717) is 17.3 Å². The van der Waals surface area contributed by atoms with Crippen LogP contribution in [0.4, 0.5) is 5.69 Å². The minimum Gasteiger partial charge on any atom is -0.497 e. The van der Waals surface area contributed by atoms with Crippen molar-refractivity contribution in [2.45, 2.75) is 19.0 Å². The van der Waals surface area contributed by atoms with Crippen molar-refractivity contribution >= 4 is 34.8 Å². The molecule has 1 atom stereocenters. The summed E-state index contributed by atoms with van der Waals surface area (Å²) in [6, 6.07) is 16.1. The maximum Gasteiger partial charge on any atom is 0.251 e. The highest BCUT2D eigenvalue weighted by atomic mass is 32.1. The molecule has 140 valence electrons. The fourth-order valence-corrected chi connectivity index (χ4v) is 3.27. The summed E-state index contributed by atoms with van der Waals surface area (Å²) in [5.74, 6) is 0.365. The number of ether oxygens (including phenoxy) is 1.